The largest absolute Gasteiger partial charge is 0.495 e. The first-order valence-electron chi connectivity index (χ1n) is 11.1. The summed E-state index contributed by atoms with van der Waals surface area (Å²) in [6.07, 6.45) is 0.184. The maximum Gasteiger partial charge on any atom is 0.413 e. The molecule has 0 fully saturated rings. The molecule has 3 amide bonds. The van der Waals surface area contributed by atoms with E-state index in [1.165, 1.54) is 12.0 Å². The van der Waals surface area contributed by atoms with Gasteiger partial charge < -0.3 is 20.1 Å². The van der Waals surface area contributed by atoms with Crippen LogP contribution in [0.2, 0.25) is 0 Å². The number of nitrogens with one attached hydrogen (secondary N) is 3. The van der Waals surface area contributed by atoms with Crippen molar-refractivity contribution in [3.63, 3.8) is 0 Å². The van der Waals surface area contributed by atoms with Gasteiger partial charge in [-0.05, 0) is 38.1 Å². The van der Waals surface area contributed by atoms with Crippen LogP contribution in [-0.2, 0) is 20.7 Å². The first-order chi connectivity index (χ1) is 16.3. The number of carbonyl (C=O) groups excluding carboxylic acids is 3. The number of anilines is 2. The van der Waals surface area contributed by atoms with E-state index in [2.05, 4.69) is 20.9 Å². The number of para-hydroxylation sites is 2. The van der Waals surface area contributed by atoms with Gasteiger partial charge in [0.1, 0.15) is 17.6 Å². The molecule has 0 saturated carbocycles. The lowest BCUT2D eigenvalue weighted by Gasteiger charge is -2.31. The fraction of sp³-hybridized carbons (Fsp3) is 0.417. The van der Waals surface area contributed by atoms with Crippen LogP contribution in [0.5, 0.6) is 5.75 Å². The summed E-state index contributed by atoms with van der Waals surface area (Å²) in [5.41, 5.74) is 1.21. The van der Waals surface area contributed by atoms with Crippen molar-refractivity contribution in [2.45, 2.75) is 45.5 Å². The van der Waals surface area contributed by atoms with Crippen LogP contribution in [0.4, 0.5) is 16.3 Å². The third-order valence-corrected chi connectivity index (χ3v) is 5.66. The summed E-state index contributed by atoms with van der Waals surface area (Å²) in [5, 5.41) is 8.33. The highest BCUT2D eigenvalue weighted by atomic mass is 16.6. The average molecular weight is 470 g/mol. The Labute approximate surface area is 199 Å². The fourth-order valence-electron chi connectivity index (χ4n) is 3.65. The molecular formula is C24H31N5O5. The van der Waals surface area contributed by atoms with E-state index in [4.69, 9.17) is 9.47 Å². The first kappa shape index (κ1) is 25.0. The van der Waals surface area contributed by atoms with Gasteiger partial charge in [0, 0.05) is 18.2 Å². The third kappa shape index (κ3) is 5.45. The molecule has 3 rings (SSSR count). The molecule has 10 heteroatoms. The lowest BCUT2D eigenvalue weighted by atomic mass is 10.0. The Morgan fingerprint density at radius 3 is 2.53 bits per heavy atom. The number of carbonyl (C=O) groups is 3. The van der Waals surface area contributed by atoms with Crippen molar-refractivity contribution in [1.29, 1.82) is 0 Å². The fourth-order valence-corrected chi connectivity index (χ4v) is 3.65. The van der Waals surface area contributed by atoms with Crippen molar-refractivity contribution in [3.05, 3.63) is 48.2 Å². The highest BCUT2D eigenvalue weighted by Crippen LogP contribution is 2.32. The number of methoxy groups -OCH3 is 1. The number of nitrogens with zero attached hydrogens (tertiary/aromatic N) is 2. The molecular weight excluding hydrogens is 438 g/mol. The molecule has 2 aromatic rings. The summed E-state index contributed by atoms with van der Waals surface area (Å²) >= 11 is 0. The third-order valence-electron chi connectivity index (χ3n) is 5.66. The number of ether oxygens (including phenoxy) is 2. The van der Waals surface area contributed by atoms with Crippen LogP contribution in [0.15, 0.2) is 42.6 Å². The number of hydrogen-bond acceptors (Lipinski definition) is 7. The highest BCUT2D eigenvalue weighted by molar-refractivity contribution is 6.01. The van der Waals surface area contributed by atoms with Crippen molar-refractivity contribution in [3.8, 4) is 5.75 Å². The summed E-state index contributed by atoms with van der Waals surface area (Å²) in [5.74, 6) is -0.0361. The summed E-state index contributed by atoms with van der Waals surface area (Å²) in [4.78, 5) is 44.6. The van der Waals surface area contributed by atoms with E-state index in [-0.39, 0.29) is 18.2 Å². The second kappa shape index (κ2) is 11.0. The number of aromatic nitrogens is 1. The molecule has 0 spiro atoms. The number of fused-ring (bicyclic) bond motifs is 1. The second-order valence-corrected chi connectivity index (χ2v) is 8.32. The van der Waals surface area contributed by atoms with E-state index >= 15 is 0 Å². The zero-order valence-electron chi connectivity index (χ0n) is 20.0. The molecule has 0 unspecified atom stereocenters. The quantitative estimate of drug-likeness (QED) is 0.542. The number of pyridine rings is 1. The van der Waals surface area contributed by atoms with E-state index in [9.17, 15) is 14.4 Å². The van der Waals surface area contributed by atoms with Gasteiger partial charge in [-0.25, -0.2) is 9.78 Å². The van der Waals surface area contributed by atoms with Crippen molar-refractivity contribution in [2.24, 2.45) is 5.92 Å². The molecule has 0 radical (unpaired) electrons. The minimum Gasteiger partial charge on any atom is -0.495 e. The maximum absolute atomic E-state index is 13.7. The normalized spacial score (nSPS) is 16.4. The van der Waals surface area contributed by atoms with E-state index in [1.807, 2.05) is 19.9 Å². The molecule has 0 saturated heterocycles. The zero-order chi connectivity index (χ0) is 24.8. The van der Waals surface area contributed by atoms with Crippen molar-refractivity contribution in [2.75, 3.05) is 24.4 Å². The second-order valence-electron chi connectivity index (χ2n) is 8.32. The van der Waals surface area contributed by atoms with Gasteiger partial charge in [-0.3, -0.25) is 19.8 Å². The molecule has 0 aliphatic carbocycles. The van der Waals surface area contributed by atoms with Crippen LogP contribution in [0, 0.1) is 5.92 Å². The summed E-state index contributed by atoms with van der Waals surface area (Å²) in [7, 11) is 3.17. The summed E-state index contributed by atoms with van der Waals surface area (Å²) < 4.78 is 10.9. The molecule has 34 heavy (non-hydrogen) atoms. The van der Waals surface area contributed by atoms with Crippen LogP contribution in [0.3, 0.4) is 0 Å². The Morgan fingerprint density at radius 2 is 1.85 bits per heavy atom. The molecule has 1 aliphatic rings. The van der Waals surface area contributed by atoms with Crippen LogP contribution in [0.1, 0.15) is 26.3 Å². The Balaban J connectivity index is 1.84. The van der Waals surface area contributed by atoms with Crippen molar-refractivity contribution >= 4 is 29.4 Å². The van der Waals surface area contributed by atoms with Crippen LogP contribution >= 0.6 is 0 Å². The smallest absolute Gasteiger partial charge is 0.413 e. The average Bonchev–Trinajstić information content (AvgIpc) is 3.18. The van der Waals surface area contributed by atoms with Gasteiger partial charge in [0.2, 0.25) is 5.91 Å². The van der Waals surface area contributed by atoms with E-state index in [0.29, 0.717) is 17.3 Å². The summed E-state index contributed by atoms with van der Waals surface area (Å²) in [6.45, 7) is 5.39. The van der Waals surface area contributed by atoms with Gasteiger partial charge in [-0.1, -0.05) is 32.0 Å². The minimum absolute atomic E-state index is 0.212. The molecule has 1 aromatic carbocycles. The van der Waals surface area contributed by atoms with E-state index in [1.54, 1.807) is 50.5 Å². The number of rotatable bonds is 8. The first-order valence-corrected chi connectivity index (χ1v) is 11.1. The molecule has 2 heterocycles. The van der Waals surface area contributed by atoms with Crippen LogP contribution in [-0.4, -0.2) is 55.4 Å². The highest BCUT2D eigenvalue weighted by Gasteiger charge is 2.41. The monoisotopic (exact) mass is 469 g/mol. The van der Waals surface area contributed by atoms with Gasteiger partial charge in [-0.2, -0.15) is 0 Å². The SMILES string of the molecule is CN[C@@H](C)C(=O)N[C@H](C(=O)N1c2ncccc2C[C@H]1OC(=O)Nc1ccccc1OC)C(C)C. The predicted molar refractivity (Wildman–Crippen MR) is 128 cm³/mol. The molecule has 1 aliphatic heterocycles. The van der Waals surface area contributed by atoms with Gasteiger partial charge in [0.15, 0.2) is 6.23 Å². The molecule has 10 nitrogen and oxygen atoms in total. The Bertz CT molecular complexity index is 1040. The summed E-state index contributed by atoms with van der Waals surface area (Å²) in [6, 6.07) is 9.21. The van der Waals surface area contributed by atoms with E-state index in [0.717, 1.165) is 5.56 Å². The number of benzene rings is 1. The Hall–Kier alpha value is -3.66. The minimum atomic E-state index is -0.924. The lowest BCUT2D eigenvalue weighted by Crippen LogP contribution is -2.56. The van der Waals surface area contributed by atoms with Gasteiger partial charge >= 0.3 is 6.09 Å². The molecule has 182 valence electrons. The molecule has 3 N–H and O–H groups in total. The van der Waals surface area contributed by atoms with Crippen molar-refractivity contribution in [1.82, 2.24) is 15.6 Å². The Kier molecular flexibility index (Phi) is 8.06. The molecule has 0 bridgehead atoms. The number of amides is 3. The van der Waals surface area contributed by atoms with Gasteiger partial charge in [0.25, 0.3) is 5.91 Å². The van der Waals surface area contributed by atoms with Crippen LogP contribution < -0.4 is 25.6 Å². The predicted octanol–water partition coefficient (Wildman–Crippen LogP) is 2.30. The van der Waals surface area contributed by atoms with Crippen LogP contribution in [0.25, 0.3) is 0 Å². The number of likely N-dealkylation sites (N-methyl/N-ethyl adjacent to an activating group) is 1. The zero-order valence-corrected chi connectivity index (χ0v) is 20.0. The molecule has 1 aromatic heterocycles. The maximum atomic E-state index is 13.7. The topological polar surface area (TPSA) is 122 Å². The van der Waals surface area contributed by atoms with E-state index < -0.39 is 30.3 Å². The van der Waals surface area contributed by atoms with Gasteiger partial charge in [-0.15, -0.1) is 0 Å². The Morgan fingerprint density at radius 1 is 1.12 bits per heavy atom. The van der Waals surface area contributed by atoms with Gasteiger partial charge in [0.05, 0.1) is 18.8 Å². The standard InChI is InChI=1S/C24H31N5O5/c1-14(2)20(28-22(30)15(3)25-4)23(31)29-19(13-16-9-8-12-26-21(16)29)34-24(32)27-17-10-6-7-11-18(17)33-5/h6-12,14-15,19-20,25H,13H2,1-5H3,(H,27,32)(H,28,30)/t15-,19+,20-/m0/s1. The lowest BCUT2D eigenvalue weighted by molar-refractivity contribution is -0.130. The molecule has 3 atom stereocenters. The number of hydrogen-bond donors (Lipinski definition) is 3. The van der Waals surface area contributed by atoms with Crippen molar-refractivity contribution < 1.29 is 23.9 Å².